The Morgan fingerprint density at radius 1 is 0.680 bits per heavy atom. The summed E-state index contributed by atoms with van der Waals surface area (Å²) in [5.74, 6) is 2.02. The first-order chi connectivity index (χ1) is 24.0. The summed E-state index contributed by atoms with van der Waals surface area (Å²) >= 11 is -0.346. The van der Waals surface area contributed by atoms with Crippen LogP contribution in [0.5, 0.6) is 0 Å². The molecule has 0 radical (unpaired) electrons. The molecule has 4 fully saturated rings. The fourth-order valence-corrected chi connectivity index (χ4v) is 14.6. The van der Waals surface area contributed by atoms with Crippen LogP contribution in [0.25, 0.3) is 0 Å². The molecule has 6 heteroatoms. The monoisotopic (exact) mass is 822 g/mol. The summed E-state index contributed by atoms with van der Waals surface area (Å²) in [5, 5.41) is 0. The number of rotatable bonds is 6. The van der Waals surface area contributed by atoms with Crippen LogP contribution < -0.4 is 9.80 Å². The van der Waals surface area contributed by atoms with Gasteiger partial charge in [-0.3, -0.25) is 0 Å². The average Bonchev–Trinajstić information content (AvgIpc) is 3.47. The van der Waals surface area contributed by atoms with Gasteiger partial charge in [-0.15, -0.1) is 5.73 Å². The summed E-state index contributed by atoms with van der Waals surface area (Å²) in [4.78, 5) is 5.59. The average molecular weight is 823 g/mol. The van der Waals surface area contributed by atoms with E-state index in [0.29, 0.717) is 11.6 Å². The second kappa shape index (κ2) is 18.8. The molecule has 2 aromatic carbocycles. The van der Waals surface area contributed by atoms with Gasteiger partial charge in [-0.05, 0) is 132 Å². The van der Waals surface area contributed by atoms with Gasteiger partial charge in [-0.2, -0.15) is 0 Å². The molecule has 1 heterocycles. The van der Waals surface area contributed by atoms with Gasteiger partial charge in [-0.1, -0.05) is 95.7 Å². The van der Waals surface area contributed by atoms with E-state index in [1.807, 2.05) is 0 Å². The van der Waals surface area contributed by atoms with Crippen molar-refractivity contribution < 1.29 is 15.1 Å². The van der Waals surface area contributed by atoms with Gasteiger partial charge in [0, 0.05) is 41.3 Å². The zero-order valence-corrected chi connectivity index (χ0v) is 36.4. The standard InChI is InChI=1S/C44H63N2P.2ClH.Ru/c1-30(2)22-23-37-16-15-21-40(47(38-17-11-9-12-18-38)39-19-13-10-14-20-39)41(37)44-45(42-33(5)26-31(3)27-34(42)6)24-25-46(44)43-35(7)28-32(4)29-36(43)8;;;/h22,26-30,38-40H,9-21,24-25H2,1-8H3;2*1H;/q;;;+2/p-2. The van der Waals surface area contributed by atoms with Crippen LogP contribution in [0.4, 0.5) is 11.4 Å². The number of anilines is 2. The molecule has 0 aromatic heterocycles. The molecule has 1 saturated heterocycles. The Balaban J connectivity index is 0.00000156. The first-order valence-corrected chi connectivity index (χ1v) is 25.6. The molecule has 4 aliphatic rings. The molecule has 0 N–H and O–H groups in total. The van der Waals surface area contributed by atoms with E-state index in [-0.39, 0.29) is 23.1 Å². The van der Waals surface area contributed by atoms with Crippen molar-refractivity contribution in [2.24, 2.45) is 5.92 Å². The van der Waals surface area contributed by atoms with Crippen molar-refractivity contribution in [3.63, 3.8) is 0 Å². The van der Waals surface area contributed by atoms with Gasteiger partial charge in [0.1, 0.15) is 5.82 Å². The van der Waals surface area contributed by atoms with Crippen LogP contribution in [-0.2, 0) is 15.1 Å². The number of benzene rings is 2. The third kappa shape index (κ3) is 9.35. The summed E-state index contributed by atoms with van der Waals surface area (Å²) in [6, 6.07) is 9.67. The van der Waals surface area contributed by atoms with Gasteiger partial charge in [0.15, 0.2) is 0 Å². The molecular formula is C44H63Cl2N2PRu. The number of allylic oxidation sites excluding steroid dienone is 2. The SMILES string of the molecule is Cc1cc(C)c(N2CCN(c3c(C)cc(C)cc3C)C2=C2C(=C=CC(C)C)CCCC2P(C2CCCCC2)C2CCCCC2)c(C)c1.[Cl][Ru][Cl]. The quantitative estimate of drug-likeness (QED) is 0.163. The topological polar surface area (TPSA) is 6.48 Å². The predicted octanol–water partition coefficient (Wildman–Crippen LogP) is 13.9. The molecule has 2 nitrogen and oxygen atoms in total. The normalized spacial score (nSPS) is 20.9. The van der Waals surface area contributed by atoms with Crippen LogP contribution in [-0.4, -0.2) is 30.1 Å². The minimum atomic E-state index is -0.346. The van der Waals surface area contributed by atoms with Crippen LogP contribution in [0.15, 0.2) is 53.0 Å². The second-order valence-electron chi connectivity index (χ2n) is 16.1. The molecule has 276 valence electrons. The molecule has 0 spiro atoms. The molecule has 0 bridgehead atoms. The van der Waals surface area contributed by atoms with Crippen molar-refractivity contribution in [1.29, 1.82) is 0 Å². The third-order valence-corrected chi connectivity index (χ3v) is 15.6. The van der Waals surface area contributed by atoms with Crippen molar-refractivity contribution in [2.75, 3.05) is 22.9 Å². The summed E-state index contributed by atoms with van der Waals surface area (Å²) < 4.78 is 0. The maximum atomic E-state index is 4.85. The van der Waals surface area contributed by atoms with E-state index in [1.54, 1.807) is 5.57 Å². The number of hydrogen-bond acceptors (Lipinski definition) is 2. The number of hydrogen-bond donors (Lipinski definition) is 0. The van der Waals surface area contributed by atoms with E-state index in [0.717, 1.165) is 30.8 Å². The van der Waals surface area contributed by atoms with E-state index in [1.165, 1.54) is 133 Å². The predicted molar refractivity (Wildman–Crippen MR) is 219 cm³/mol. The Labute approximate surface area is 323 Å². The van der Waals surface area contributed by atoms with Crippen LogP contribution in [0.3, 0.4) is 0 Å². The molecule has 6 rings (SSSR count). The molecule has 1 atom stereocenters. The zero-order valence-electron chi connectivity index (χ0n) is 32.3. The molecule has 3 saturated carbocycles. The number of halogens is 2. The Morgan fingerprint density at radius 2 is 1.10 bits per heavy atom. The van der Waals surface area contributed by atoms with Crippen molar-refractivity contribution in [1.82, 2.24) is 0 Å². The summed E-state index contributed by atoms with van der Waals surface area (Å²) in [6.45, 7) is 20.7. The van der Waals surface area contributed by atoms with Crippen LogP contribution >= 0.6 is 27.3 Å². The van der Waals surface area contributed by atoms with E-state index in [4.69, 9.17) is 19.4 Å². The fraction of sp³-hybridized carbons (Fsp3) is 0.614. The van der Waals surface area contributed by atoms with Gasteiger partial charge in [0.05, 0.1) is 0 Å². The third-order valence-electron chi connectivity index (χ3n) is 11.6. The summed E-state index contributed by atoms with van der Waals surface area (Å²) in [5.41, 5.74) is 21.1. The Morgan fingerprint density at radius 3 is 1.50 bits per heavy atom. The van der Waals surface area contributed by atoms with E-state index >= 15 is 0 Å². The van der Waals surface area contributed by atoms with Crippen LogP contribution in [0.1, 0.15) is 131 Å². The maximum absolute atomic E-state index is 4.85. The molecule has 1 unspecified atom stereocenters. The van der Waals surface area contributed by atoms with Crippen molar-refractivity contribution in [3.05, 3.63) is 86.4 Å². The van der Waals surface area contributed by atoms with Gasteiger partial charge < -0.3 is 9.80 Å². The summed E-state index contributed by atoms with van der Waals surface area (Å²) in [7, 11) is 9.58. The molecule has 50 heavy (non-hydrogen) atoms. The van der Waals surface area contributed by atoms with Crippen molar-refractivity contribution >= 4 is 38.7 Å². The van der Waals surface area contributed by atoms with Gasteiger partial charge in [0.2, 0.25) is 0 Å². The van der Waals surface area contributed by atoms with E-state index in [9.17, 15) is 0 Å². The van der Waals surface area contributed by atoms with E-state index in [2.05, 4.69) is 101 Å². The fourth-order valence-electron chi connectivity index (χ4n) is 10.00. The number of aryl methyl sites for hydroxylation is 6. The Hall–Kier alpha value is -1.07. The van der Waals surface area contributed by atoms with Crippen molar-refractivity contribution in [2.45, 2.75) is 156 Å². The molecule has 1 aliphatic heterocycles. The molecule has 3 aliphatic carbocycles. The van der Waals surface area contributed by atoms with Gasteiger partial charge in [-0.25, -0.2) is 0 Å². The van der Waals surface area contributed by atoms with Crippen LogP contribution in [0, 0.1) is 47.5 Å². The first kappa shape index (κ1) is 40.1. The first-order valence-electron chi connectivity index (χ1n) is 19.6. The molecular weight excluding hydrogens is 759 g/mol. The van der Waals surface area contributed by atoms with Crippen molar-refractivity contribution in [3.8, 4) is 0 Å². The minimum absolute atomic E-state index is 0.126. The number of nitrogens with zero attached hydrogens (tertiary/aromatic N) is 2. The van der Waals surface area contributed by atoms with Crippen LogP contribution in [0.2, 0.25) is 0 Å². The Bertz CT molecular complexity index is 1430. The zero-order chi connectivity index (χ0) is 35.9. The van der Waals surface area contributed by atoms with Gasteiger partial charge in [0.25, 0.3) is 0 Å². The van der Waals surface area contributed by atoms with E-state index < -0.39 is 0 Å². The Kier molecular flexibility index (Phi) is 15.1. The van der Waals surface area contributed by atoms with Gasteiger partial charge >= 0.3 is 34.5 Å². The summed E-state index contributed by atoms with van der Waals surface area (Å²) in [6.07, 6.45) is 20.8. The molecule has 0 amide bonds. The second-order valence-corrected chi connectivity index (χ2v) is 21.7. The molecule has 2 aromatic rings.